The van der Waals surface area contributed by atoms with E-state index in [1.54, 1.807) is 30.3 Å². The highest BCUT2D eigenvalue weighted by atomic mass is 35.5. The number of hydrogen-bond acceptors (Lipinski definition) is 7. The number of carbonyl (C=O) groups is 2. The predicted molar refractivity (Wildman–Crippen MR) is 139 cm³/mol. The number of ether oxygens (including phenoxy) is 2. The summed E-state index contributed by atoms with van der Waals surface area (Å²) in [4.78, 5) is 29.2. The topological polar surface area (TPSA) is 106 Å². The van der Waals surface area contributed by atoms with E-state index in [9.17, 15) is 14.9 Å². The second-order valence-electron chi connectivity index (χ2n) is 10.5. The Kier molecular flexibility index (Phi) is 4.91. The summed E-state index contributed by atoms with van der Waals surface area (Å²) in [5.74, 6) is -1.35. The zero-order chi connectivity index (χ0) is 26.2. The van der Waals surface area contributed by atoms with Crippen LogP contribution in [-0.4, -0.2) is 34.8 Å². The van der Waals surface area contributed by atoms with Crippen molar-refractivity contribution in [2.45, 2.75) is 37.4 Å². The van der Waals surface area contributed by atoms with Crippen LogP contribution >= 0.6 is 11.6 Å². The molecule has 3 aliphatic rings. The van der Waals surface area contributed by atoms with E-state index in [1.165, 1.54) is 4.90 Å². The second-order valence-corrected chi connectivity index (χ2v) is 10.9. The van der Waals surface area contributed by atoms with Crippen LogP contribution in [0.5, 0.6) is 5.88 Å². The van der Waals surface area contributed by atoms with Crippen molar-refractivity contribution < 1.29 is 23.6 Å². The molecule has 8 nitrogen and oxygen atoms in total. The Hall–Kier alpha value is -3.93. The number of aromatic nitrogens is 1. The van der Waals surface area contributed by atoms with E-state index in [4.69, 9.17) is 25.6 Å². The van der Waals surface area contributed by atoms with E-state index >= 15 is 0 Å². The van der Waals surface area contributed by atoms with Crippen LogP contribution in [0.25, 0.3) is 21.7 Å². The van der Waals surface area contributed by atoms with Crippen molar-refractivity contribution >= 4 is 50.8 Å². The largest absolute Gasteiger partial charge is 0.475 e. The third-order valence-electron chi connectivity index (χ3n) is 8.44. The fraction of sp³-hybridized carbons (Fsp3) is 0.310. The zero-order valence-electron chi connectivity index (χ0n) is 20.4. The Morgan fingerprint density at radius 1 is 1.08 bits per heavy atom. The van der Waals surface area contributed by atoms with Gasteiger partial charge < -0.3 is 14.0 Å². The van der Waals surface area contributed by atoms with Gasteiger partial charge in [0, 0.05) is 28.3 Å². The van der Waals surface area contributed by atoms with Crippen LogP contribution in [0.2, 0.25) is 5.02 Å². The molecule has 3 saturated heterocycles. The van der Waals surface area contributed by atoms with Gasteiger partial charge in [0.1, 0.15) is 0 Å². The number of nitrogens with zero attached hydrogens (tertiary/aromatic N) is 3. The summed E-state index contributed by atoms with van der Waals surface area (Å²) in [6, 6.07) is 18.1. The number of imide groups is 1. The average molecular weight is 528 g/mol. The second kappa shape index (κ2) is 8.03. The first kappa shape index (κ1) is 23.2. The summed E-state index contributed by atoms with van der Waals surface area (Å²) in [6.45, 7) is 2.17. The van der Waals surface area contributed by atoms with Crippen LogP contribution in [0.4, 0.5) is 5.69 Å². The maximum Gasteiger partial charge on any atom is 0.262 e. The molecule has 38 heavy (non-hydrogen) atoms. The van der Waals surface area contributed by atoms with Crippen LogP contribution < -0.4 is 9.64 Å². The summed E-state index contributed by atoms with van der Waals surface area (Å²) >= 11 is 6.03. The molecule has 7 rings (SSSR count). The van der Waals surface area contributed by atoms with Gasteiger partial charge >= 0.3 is 0 Å². The lowest BCUT2D eigenvalue weighted by atomic mass is 9.67. The number of nitriles is 1. The standard InChI is InChI=1S/C29H22ClN3O5/c1-28-10-11-29(38-28,12-13-36-25-20-8-7-17(30)14-22(20)37-32-25)24-23(28)26(34)33(27(24)35)21-9-6-16(15-31)18-4-2-3-5-19(18)21/h2-9,14,23-24H,10-13H2,1H3/t23-,24+,28?,29?/m1/s1. The molecule has 3 aliphatic heterocycles. The first-order chi connectivity index (χ1) is 18.3. The lowest BCUT2D eigenvalue weighted by Gasteiger charge is -2.31. The maximum atomic E-state index is 14.0. The van der Waals surface area contributed by atoms with Crippen molar-refractivity contribution in [3.63, 3.8) is 0 Å². The van der Waals surface area contributed by atoms with E-state index in [0.29, 0.717) is 63.2 Å². The molecule has 3 fully saturated rings. The summed E-state index contributed by atoms with van der Waals surface area (Å²) in [5, 5.41) is 16.2. The van der Waals surface area contributed by atoms with Gasteiger partial charge in [-0.3, -0.25) is 9.59 Å². The Morgan fingerprint density at radius 3 is 2.68 bits per heavy atom. The average Bonchev–Trinajstić information content (AvgIpc) is 3.62. The van der Waals surface area contributed by atoms with Crippen molar-refractivity contribution in [3.05, 3.63) is 65.2 Å². The third-order valence-corrected chi connectivity index (χ3v) is 8.67. The first-order valence-electron chi connectivity index (χ1n) is 12.5. The molecular weight excluding hydrogens is 506 g/mol. The molecule has 0 aliphatic carbocycles. The van der Waals surface area contributed by atoms with Gasteiger partial charge in [0.15, 0.2) is 5.58 Å². The number of hydrogen-bond donors (Lipinski definition) is 0. The van der Waals surface area contributed by atoms with Crippen LogP contribution in [-0.2, 0) is 14.3 Å². The lowest BCUT2D eigenvalue weighted by Crippen LogP contribution is -2.43. The Bertz CT molecular complexity index is 1710. The van der Waals surface area contributed by atoms with Gasteiger partial charge in [0.2, 0.25) is 11.8 Å². The highest BCUT2D eigenvalue weighted by Crippen LogP contribution is 2.62. The van der Waals surface area contributed by atoms with Crippen LogP contribution in [0.15, 0.2) is 59.1 Å². The Morgan fingerprint density at radius 2 is 1.87 bits per heavy atom. The predicted octanol–water partition coefficient (Wildman–Crippen LogP) is 5.40. The van der Waals surface area contributed by atoms with E-state index in [-0.39, 0.29) is 18.4 Å². The Balaban J connectivity index is 1.20. The summed E-state index contributed by atoms with van der Waals surface area (Å²) in [6.07, 6.45) is 1.76. The molecule has 4 atom stereocenters. The quantitative estimate of drug-likeness (QED) is 0.320. The number of amides is 2. The summed E-state index contributed by atoms with van der Waals surface area (Å²) in [7, 11) is 0. The monoisotopic (exact) mass is 527 g/mol. The fourth-order valence-electron chi connectivity index (χ4n) is 6.74. The molecule has 4 heterocycles. The van der Waals surface area contributed by atoms with Gasteiger partial charge in [-0.2, -0.15) is 5.26 Å². The fourth-order valence-corrected chi connectivity index (χ4v) is 6.90. The molecule has 1 aromatic heterocycles. The van der Waals surface area contributed by atoms with Crippen LogP contribution in [0.1, 0.15) is 31.7 Å². The van der Waals surface area contributed by atoms with Crippen molar-refractivity contribution in [2.24, 2.45) is 11.8 Å². The molecule has 2 unspecified atom stereocenters. The van der Waals surface area contributed by atoms with Crippen molar-refractivity contribution in [1.29, 1.82) is 5.26 Å². The zero-order valence-corrected chi connectivity index (χ0v) is 21.2. The molecule has 0 spiro atoms. The van der Waals surface area contributed by atoms with E-state index in [0.717, 1.165) is 0 Å². The van der Waals surface area contributed by atoms with Gasteiger partial charge in [-0.05, 0) is 49.2 Å². The SMILES string of the molecule is CC12CCC(CCOc3noc4cc(Cl)ccc34)(O1)[C@@H]1C(=O)N(c3ccc(C#N)c4ccccc34)C(=O)[C@@H]12. The molecular formula is C29H22ClN3O5. The molecule has 3 aromatic carbocycles. The van der Waals surface area contributed by atoms with Crippen molar-refractivity contribution in [1.82, 2.24) is 5.16 Å². The minimum atomic E-state index is -0.813. The minimum Gasteiger partial charge on any atom is -0.475 e. The maximum absolute atomic E-state index is 14.0. The van der Waals surface area contributed by atoms with Crippen molar-refractivity contribution in [2.75, 3.05) is 11.5 Å². The number of halogens is 1. The molecule has 0 saturated carbocycles. The normalized spacial score (nSPS) is 27.9. The molecule has 190 valence electrons. The minimum absolute atomic E-state index is 0.241. The molecule has 4 aromatic rings. The van der Waals surface area contributed by atoms with E-state index < -0.39 is 23.0 Å². The van der Waals surface area contributed by atoms with Gasteiger partial charge in [-0.1, -0.05) is 35.9 Å². The van der Waals surface area contributed by atoms with Crippen LogP contribution in [0, 0.1) is 23.2 Å². The van der Waals surface area contributed by atoms with Gasteiger partial charge in [0.25, 0.3) is 5.88 Å². The number of benzene rings is 3. The lowest BCUT2D eigenvalue weighted by molar-refractivity contribution is -0.131. The number of anilines is 1. The molecule has 2 bridgehead atoms. The first-order valence-corrected chi connectivity index (χ1v) is 12.9. The number of fused-ring (bicyclic) bond motifs is 7. The van der Waals surface area contributed by atoms with E-state index in [2.05, 4.69) is 11.2 Å². The van der Waals surface area contributed by atoms with E-state index in [1.807, 2.05) is 31.2 Å². The van der Waals surface area contributed by atoms with Gasteiger partial charge in [0.05, 0.1) is 52.4 Å². The smallest absolute Gasteiger partial charge is 0.262 e. The summed E-state index contributed by atoms with van der Waals surface area (Å²) in [5.41, 5.74) is -0.0162. The molecule has 9 heteroatoms. The number of carbonyl (C=O) groups excluding carboxylic acids is 2. The van der Waals surface area contributed by atoms with Crippen molar-refractivity contribution in [3.8, 4) is 11.9 Å². The third kappa shape index (κ3) is 3.09. The molecule has 0 radical (unpaired) electrons. The van der Waals surface area contributed by atoms with Gasteiger partial charge in [-0.25, -0.2) is 4.90 Å². The highest BCUT2D eigenvalue weighted by molar-refractivity contribution is 6.31. The Labute approximate surface area is 222 Å². The van der Waals surface area contributed by atoms with Crippen LogP contribution in [0.3, 0.4) is 0 Å². The highest BCUT2D eigenvalue weighted by Gasteiger charge is 2.73. The molecule has 2 amide bonds. The molecule has 0 N–H and O–H groups in total. The number of rotatable bonds is 5. The van der Waals surface area contributed by atoms with Gasteiger partial charge in [-0.15, -0.1) is 0 Å². The summed E-state index contributed by atoms with van der Waals surface area (Å²) < 4.78 is 17.8.